The number of hydrogen-bond acceptors (Lipinski definition) is 6. The fourth-order valence-corrected chi connectivity index (χ4v) is 2.72. The van der Waals surface area contributed by atoms with Gasteiger partial charge >= 0.3 is 0 Å². The van der Waals surface area contributed by atoms with Crippen LogP contribution in [0.2, 0.25) is 0 Å². The summed E-state index contributed by atoms with van der Waals surface area (Å²) in [4.78, 5) is 6.28. The molecule has 4 rings (SSSR count). The Balaban J connectivity index is 1.88. The smallest absolute Gasteiger partial charge is 0.260 e. The summed E-state index contributed by atoms with van der Waals surface area (Å²) in [7, 11) is 0. The number of nitrogen functional groups attached to an aromatic ring is 1. The number of fused-ring (bicyclic) bond motifs is 3. The maximum absolute atomic E-state index is 9.88. The van der Waals surface area contributed by atoms with Gasteiger partial charge in [-0.25, -0.2) is 0 Å². The van der Waals surface area contributed by atoms with E-state index in [0.717, 1.165) is 26.1 Å². The zero-order chi connectivity index (χ0) is 10.4. The molecule has 6 nitrogen and oxygen atoms in total. The molecule has 0 saturated carbocycles. The standard InChI is InChI=1S/C9H14N4O2/c10-9-11-8(15-12-9)6-3-13-2-1-5(6)7(14)4-13/h5-7,14H,1-4H2,(H2,10,12). The summed E-state index contributed by atoms with van der Waals surface area (Å²) in [5.74, 6) is 1.14. The van der Waals surface area contributed by atoms with E-state index in [1.807, 2.05) is 0 Å². The zero-order valence-corrected chi connectivity index (χ0v) is 8.33. The Labute approximate surface area is 87.1 Å². The Bertz CT molecular complexity index is 367. The van der Waals surface area contributed by atoms with Crippen LogP contribution in [0.5, 0.6) is 0 Å². The molecule has 3 saturated heterocycles. The number of nitrogens with two attached hydrogens (primary N) is 1. The molecule has 3 fully saturated rings. The van der Waals surface area contributed by atoms with Gasteiger partial charge in [0.2, 0.25) is 5.89 Å². The first-order valence-electron chi connectivity index (χ1n) is 5.23. The van der Waals surface area contributed by atoms with Crippen molar-refractivity contribution in [2.75, 3.05) is 25.4 Å². The van der Waals surface area contributed by atoms with Crippen molar-refractivity contribution in [1.82, 2.24) is 15.0 Å². The number of aliphatic hydroxyl groups is 1. The predicted molar refractivity (Wildman–Crippen MR) is 52.0 cm³/mol. The molecule has 15 heavy (non-hydrogen) atoms. The number of nitrogens with zero attached hydrogens (tertiary/aromatic N) is 3. The van der Waals surface area contributed by atoms with Crippen LogP contribution >= 0.6 is 0 Å². The van der Waals surface area contributed by atoms with Gasteiger partial charge in [0.05, 0.1) is 12.0 Å². The third-order valence-electron chi connectivity index (χ3n) is 3.46. The first-order valence-corrected chi connectivity index (χ1v) is 5.23. The molecule has 0 aliphatic carbocycles. The summed E-state index contributed by atoms with van der Waals surface area (Å²) in [6.07, 6.45) is 0.722. The largest absolute Gasteiger partial charge is 0.391 e. The minimum absolute atomic E-state index is 0.146. The lowest BCUT2D eigenvalue weighted by Gasteiger charge is -2.46. The van der Waals surface area contributed by atoms with Crippen LogP contribution in [0.25, 0.3) is 0 Å². The number of anilines is 1. The fraction of sp³-hybridized carbons (Fsp3) is 0.778. The van der Waals surface area contributed by atoms with Crippen molar-refractivity contribution >= 4 is 5.95 Å². The Morgan fingerprint density at radius 3 is 2.93 bits per heavy atom. The molecule has 0 spiro atoms. The van der Waals surface area contributed by atoms with Gasteiger partial charge in [-0.05, 0) is 18.1 Å². The summed E-state index contributed by atoms with van der Waals surface area (Å²) in [6, 6.07) is 0. The van der Waals surface area contributed by atoms with E-state index in [1.165, 1.54) is 0 Å². The zero-order valence-electron chi connectivity index (χ0n) is 8.33. The molecule has 4 unspecified atom stereocenters. The molecule has 3 N–H and O–H groups in total. The number of aliphatic hydroxyl groups excluding tert-OH is 1. The molecule has 82 valence electrons. The molecule has 3 aliphatic heterocycles. The Kier molecular flexibility index (Phi) is 1.93. The molecule has 1 aromatic heterocycles. The number of hydrogen-bond donors (Lipinski definition) is 2. The molecule has 3 aliphatic rings. The molecule has 4 heterocycles. The predicted octanol–water partition coefficient (Wildman–Crippen LogP) is -0.568. The first kappa shape index (κ1) is 9.11. The van der Waals surface area contributed by atoms with Gasteiger partial charge in [0.1, 0.15) is 0 Å². The first-order chi connectivity index (χ1) is 7.24. The summed E-state index contributed by atoms with van der Waals surface area (Å²) >= 11 is 0. The van der Waals surface area contributed by atoms with Gasteiger partial charge < -0.3 is 15.4 Å². The van der Waals surface area contributed by atoms with Crippen LogP contribution in [0, 0.1) is 5.92 Å². The van der Waals surface area contributed by atoms with E-state index in [-0.39, 0.29) is 23.9 Å². The third kappa shape index (κ3) is 1.40. The highest BCUT2D eigenvalue weighted by Crippen LogP contribution is 2.38. The lowest BCUT2D eigenvalue weighted by molar-refractivity contribution is -0.0437. The van der Waals surface area contributed by atoms with Crippen LogP contribution in [-0.2, 0) is 0 Å². The molecule has 2 bridgehead atoms. The van der Waals surface area contributed by atoms with Crippen molar-refractivity contribution in [1.29, 1.82) is 0 Å². The monoisotopic (exact) mass is 210 g/mol. The van der Waals surface area contributed by atoms with Gasteiger partial charge in [0.25, 0.3) is 5.95 Å². The summed E-state index contributed by atoms with van der Waals surface area (Å²) in [5.41, 5.74) is 5.43. The second-order valence-electron chi connectivity index (χ2n) is 4.38. The van der Waals surface area contributed by atoms with Crippen LogP contribution in [0.3, 0.4) is 0 Å². The molecule has 0 radical (unpaired) electrons. The maximum Gasteiger partial charge on any atom is 0.260 e. The number of rotatable bonds is 1. The average Bonchev–Trinajstić information content (AvgIpc) is 2.65. The molecular formula is C9H14N4O2. The van der Waals surface area contributed by atoms with E-state index >= 15 is 0 Å². The third-order valence-corrected chi connectivity index (χ3v) is 3.46. The van der Waals surface area contributed by atoms with Crippen molar-refractivity contribution in [2.45, 2.75) is 18.4 Å². The number of piperidine rings is 3. The average molecular weight is 210 g/mol. The fourth-order valence-electron chi connectivity index (χ4n) is 2.72. The van der Waals surface area contributed by atoms with Crippen molar-refractivity contribution in [3.63, 3.8) is 0 Å². The SMILES string of the molecule is Nc1noc(C2CN3CCC2C(O)C3)n1. The Morgan fingerprint density at radius 2 is 2.33 bits per heavy atom. The van der Waals surface area contributed by atoms with E-state index in [1.54, 1.807) is 0 Å². The van der Waals surface area contributed by atoms with E-state index in [4.69, 9.17) is 10.3 Å². The molecular weight excluding hydrogens is 196 g/mol. The van der Waals surface area contributed by atoms with Gasteiger partial charge in [0.15, 0.2) is 0 Å². The van der Waals surface area contributed by atoms with E-state index in [2.05, 4.69) is 15.0 Å². The van der Waals surface area contributed by atoms with Crippen molar-refractivity contribution in [3.05, 3.63) is 5.89 Å². The van der Waals surface area contributed by atoms with Crippen molar-refractivity contribution in [3.8, 4) is 0 Å². The van der Waals surface area contributed by atoms with E-state index < -0.39 is 0 Å². The molecule has 4 atom stereocenters. The quantitative estimate of drug-likeness (QED) is 0.645. The minimum atomic E-state index is -0.273. The maximum atomic E-state index is 9.88. The van der Waals surface area contributed by atoms with E-state index in [9.17, 15) is 5.11 Å². The molecule has 1 aromatic rings. The van der Waals surface area contributed by atoms with Crippen LogP contribution in [0.1, 0.15) is 18.2 Å². The van der Waals surface area contributed by atoms with Crippen LogP contribution in [-0.4, -0.2) is 45.9 Å². The van der Waals surface area contributed by atoms with Crippen LogP contribution < -0.4 is 5.73 Å². The Hall–Kier alpha value is -1.14. The topological polar surface area (TPSA) is 88.4 Å². The lowest BCUT2D eigenvalue weighted by atomic mass is 9.77. The molecule has 0 aromatic carbocycles. The molecule has 6 heteroatoms. The van der Waals surface area contributed by atoms with Crippen LogP contribution in [0.15, 0.2) is 4.52 Å². The second kappa shape index (κ2) is 3.18. The minimum Gasteiger partial charge on any atom is -0.391 e. The Morgan fingerprint density at radius 1 is 1.47 bits per heavy atom. The van der Waals surface area contributed by atoms with E-state index in [0.29, 0.717) is 5.89 Å². The summed E-state index contributed by atoms with van der Waals surface area (Å²) in [6.45, 7) is 2.72. The highest BCUT2D eigenvalue weighted by Gasteiger charge is 2.43. The normalized spacial score (nSPS) is 39.5. The van der Waals surface area contributed by atoms with Gasteiger partial charge in [-0.15, -0.1) is 0 Å². The van der Waals surface area contributed by atoms with Crippen molar-refractivity contribution < 1.29 is 9.63 Å². The summed E-state index contributed by atoms with van der Waals surface area (Å²) in [5, 5.41) is 13.5. The van der Waals surface area contributed by atoms with Crippen LogP contribution in [0.4, 0.5) is 5.95 Å². The number of aromatic nitrogens is 2. The highest BCUT2D eigenvalue weighted by molar-refractivity contribution is 5.14. The summed E-state index contributed by atoms with van der Waals surface area (Å²) < 4.78 is 5.08. The van der Waals surface area contributed by atoms with Gasteiger partial charge in [-0.3, -0.25) is 4.90 Å². The second-order valence-corrected chi connectivity index (χ2v) is 4.38. The van der Waals surface area contributed by atoms with Gasteiger partial charge in [0, 0.05) is 19.0 Å². The van der Waals surface area contributed by atoms with Crippen molar-refractivity contribution in [2.24, 2.45) is 5.92 Å². The highest BCUT2D eigenvalue weighted by atomic mass is 16.5. The lowest BCUT2D eigenvalue weighted by Crippen LogP contribution is -2.54. The molecule has 0 amide bonds. The van der Waals surface area contributed by atoms with Gasteiger partial charge in [-0.1, -0.05) is 0 Å². The van der Waals surface area contributed by atoms with Gasteiger partial charge in [-0.2, -0.15) is 4.98 Å².